The van der Waals surface area contributed by atoms with Crippen molar-refractivity contribution in [2.24, 2.45) is 0 Å². The zero-order chi connectivity index (χ0) is 16.9. The maximum Gasteiger partial charge on any atom is 0.110 e. The molecule has 0 aliphatic carbocycles. The Morgan fingerprint density at radius 2 is 2.00 bits per heavy atom. The normalized spacial score (nSPS) is 13.8. The van der Waals surface area contributed by atoms with Crippen molar-refractivity contribution in [3.05, 3.63) is 70.4 Å². The van der Waals surface area contributed by atoms with Gasteiger partial charge in [-0.3, -0.25) is 4.57 Å². The second-order valence-electron chi connectivity index (χ2n) is 6.02. The van der Waals surface area contributed by atoms with Crippen molar-refractivity contribution in [2.75, 3.05) is 0 Å². The molecular formula is C19H23N3OS. The molecule has 2 aromatic heterocycles. The Morgan fingerprint density at radius 3 is 2.71 bits per heavy atom. The fourth-order valence-electron chi connectivity index (χ4n) is 2.84. The van der Waals surface area contributed by atoms with Crippen molar-refractivity contribution in [2.45, 2.75) is 39.0 Å². The number of aliphatic hydroxyl groups excluding tert-OH is 1. The van der Waals surface area contributed by atoms with E-state index >= 15 is 0 Å². The summed E-state index contributed by atoms with van der Waals surface area (Å²) in [6, 6.07) is 14.4. The van der Waals surface area contributed by atoms with E-state index in [1.807, 2.05) is 48.8 Å². The topological polar surface area (TPSA) is 50.1 Å². The van der Waals surface area contributed by atoms with E-state index in [4.69, 9.17) is 0 Å². The Balaban J connectivity index is 1.63. The summed E-state index contributed by atoms with van der Waals surface area (Å²) in [5, 5.41) is 15.8. The molecule has 2 N–H and O–H groups in total. The highest BCUT2D eigenvalue weighted by atomic mass is 32.1. The van der Waals surface area contributed by atoms with E-state index in [1.165, 1.54) is 0 Å². The first kappa shape index (κ1) is 16.9. The Kier molecular flexibility index (Phi) is 5.45. The molecule has 0 aliphatic rings. The molecule has 0 aliphatic heterocycles. The summed E-state index contributed by atoms with van der Waals surface area (Å²) >= 11 is 1.60. The quantitative estimate of drug-likeness (QED) is 0.686. The Bertz CT molecular complexity index is 752. The summed E-state index contributed by atoms with van der Waals surface area (Å²) in [5.74, 6) is 0.976. The largest absolute Gasteiger partial charge is 0.388 e. The molecule has 2 heterocycles. The van der Waals surface area contributed by atoms with Crippen LogP contribution in [-0.2, 0) is 6.54 Å². The average Bonchev–Trinajstić information content (AvgIpc) is 3.23. The minimum Gasteiger partial charge on any atom is -0.388 e. The number of hydrogen-bond donors (Lipinski definition) is 2. The van der Waals surface area contributed by atoms with E-state index in [9.17, 15) is 5.11 Å². The summed E-state index contributed by atoms with van der Waals surface area (Å²) in [5.41, 5.74) is 2.24. The molecule has 24 heavy (non-hydrogen) atoms. The summed E-state index contributed by atoms with van der Waals surface area (Å²) in [7, 11) is 0. The van der Waals surface area contributed by atoms with Gasteiger partial charge >= 0.3 is 0 Å². The first-order valence-corrected chi connectivity index (χ1v) is 9.06. The highest BCUT2D eigenvalue weighted by Crippen LogP contribution is 2.23. The third kappa shape index (κ3) is 3.93. The molecule has 5 heteroatoms. The lowest BCUT2D eigenvalue weighted by molar-refractivity contribution is 0.157. The van der Waals surface area contributed by atoms with Crippen LogP contribution in [0.15, 0.2) is 54.0 Å². The van der Waals surface area contributed by atoms with Gasteiger partial charge in [-0.2, -0.15) is 0 Å². The predicted molar refractivity (Wildman–Crippen MR) is 98.5 cm³/mol. The summed E-state index contributed by atoms with van der Waals surface area (Å²) in [4.78, 5) is 5.47. The Morgan fingerprint density at radius 1 is 1.21 bits per heavy atom. The molecular weight excluding hydrogens is 318 g/mol. The molecule has 0 amide bonds. The lowest BCUT2D eigenvalue weighted by atomic mass is 10.1. The molecule has 126 valence electrons. The molecule has 3 rings (SSSR count). The van der Waals surface area contributed by atoms with Crippen LogP contribution in [0.4, 0.5) is 0 Å². The van der Waals surface area contributed by atoms with Crippen LogP contribution in [0, 0.1) is 6.92 Å². The van der Waals surface area contributed by atoms with Crippen molar-refractivity contribution >= 4 is 11.3 Å². The van der Waals surface area contributed by atoms with Crippen LogP contribution < -0.4 is 5.32 Å². The number of imidazole rings is 1. The molecule has 0 spiro atoms. The van der Waals surface area contributed by atoms with Gasteiger partial charge in [0.05, 0.1) is 18.0 Å². The average molecular weight is 341 g/mol. The van der Waals surface area contributed by atoms with Crippen molar-refractivity contribution in [3.8, 4) is 5.69 Å². The van der Waals surface area contributed by atoms with Crippen LogP contribution in [0.5, 0.6) is 0 Å². The van der Waals surface area contributed by atoms with Crippen LogP contribution in [0.25, 0.3) is 5.69 Å². The lowest BCUT2D eigenvalue weighted by Gasteiger charge is -2.18. The Hall–Kier alpha value is -1.95. The Labute approximate surface area is 146 Å². The third-order valence-corrected chi connectivity index (χ3v) is 5.08. The number of benzene rings is 1. The molecule has 0 bridgehead atoms. The van der Waals surface area contributed by atoms with Gasteiger partial charge < -0.3 is 10.4 Å². The molecule has 0 saturated heterocycles. The van der Waals surface area contributed by atoms with Gasteiger partial charge in [0.1, 0.15) is 5.82 Å². The zero-order valence-corrected chi connectivity index (χ0v) is 14.8. The van der Waals surface area contributed by atoms with Gasteiger partial charge in [0.25, 0.3) is 0 Å². The van der Waals surface area contributed by atoms with E-state index in [-0.39, 0.29) is 6.04 Å². The maximum absolute atomic E-state index is 10.3. The number of nitrogens with zero attached hydrogens (tertiary/aromatic N) is 2. The first-order chi connectivity index (χ1) is 11.6. The van der Waals surface area contributed by atoms with Crippen LogP contribution in [0.1, 0.15) is 35.8 Å². The number of hydrogen-bond acceptors (Lipinski definition) is 4. The summed E-state index contributed by atoms with van der Waals surface area (Å²) in [6.45, 7) is 4.83. The number of aliphatic hydroxyl groups is 1. The van der Waals surface area contributed by atoms with Gasteiger partial charge in [-0.25, -0.2) is 4.98 Å². The predicted octanol–water partition coefficient (Wildman–Crippen LogP) is 3.84. The standard InChI is InChI=1S/C19H23N3OS/c1-14(11-18(23)19-9-6-10-24-19)20-12-17-13-21-15(2)22(17)16-7-4-3-5-8-16/h3-10,13-14,18,20,23H,11-12H2,1-2H3. The zero-order valence-electron chi connectivity index (χ0n) is 14.0. The van der Waals surface area contributed by atoms with Gasteiger partial charge in [0.2, 0.25) is 0 Å². The van der Waals surface area contributed by atoms with E-state index < -0.39 is 6.10 Å². The van der Waals surface area contributed by atoms with Crippen LogP contribution in [0.3, 0.4) is 0 Å². The number of rotatable bonds is 7. The highest BCUT2D eigenvalue weighted by molar-refractivity contribution is 7.10. The van der Waals surface area contributed by atoms with Crippen LogP contribution in [0.2, 0.25) is 0 Å². The third-order valence-electron chi connectivity index (χ3n) is 4.11. The van der Waals surface area contributed by atoms with Crippen LogP contribution >= 0.6 is 11.3 Å². The van der Waals surface area contributed by atoms with Gasteiger partial charge in [0.15, 0.2) is 0 Å². The number of thiophene rings is 1. The van der Waals surface area contributed by atoms with Crippen molar-refractivity contribution < 1.29 is 5.11 Å². The number of nitrogens with one attached hydrogen (secondary N) is 1. The fraction of sp³-hybridized carbons (Fsp3) is 0.316. The van der Waals surface area contributed by atoms with Crippen molar-refractivity contribution in [1.82, 2.24) is 14.9 Å². The maximum atomic E-state index is 10.3. The summed E-state index contributed by atoms with van der Waals surface area (Å²) in [6.07, 6.45) is 2.20. The van der Waals surface area contributed by atoms with E-state index in [1.54, 1.807) is 11.3 Å². The smallest absolute Gasteiger partial charge is 0.110 e. The van der Waals surface area contributed by atoms with E-state index in [2.05, 4.69) is 33.9 Å². The number of para-hydroxylation sites is 1. The fourth-order valence-corrected chi connectivity index (χ4v) is 3.56. The SMILES string of the molecule is Cc1ncc(CNC(C)CC(O)c2cccs2)n1-c1ccccc1. The molecule has 0 fully saturated rings. The summed E-state index contributed by atoms with van der Waals surface area (Å²) < 4.78 is 2.16. The van der Waals surface area contributed by atoms with Gasteiger partial charge in [-0.1, -0.05) is 24.3 Å². The molecule has 2 atom stereocenters. The van der Waals surface area contributed by atoms with E-state index in [0.717, 1.165) is 22.1 Å². The minimum atomic E-state index is -0.409. The molecule has 1 aromatic carbocycles. The first-order valence-electron chi connectivity index (χ1n) is 8.18. The highest BCUT2D eigenvalue weighted by Gasteiger charge is 2.14. The molecule has 2 unspecified atom stereocenters. The van der Waals surface area contributed by atoms with Gasteiger partial charge in [-0.05, 0) is 43.8 Å². The number of aryl methyl sites for hydroxylation is 1. The minimum absolute atomic E-state index is 0.210. The second-order valence-corrected chi connectivity index (χ2v) is 7.00. The second kappa shape index (κ2) is 7.75. The molecule has 0 radical (unpaired) electrons. The monoisotopic (exact) mass is 341 g/mol. The lowest BCUT2D eigenvalue weighted by Crippen LogP contribution is -2.28. The molecule has 4 nitrogen and oxygen atoms in total. The van der Waals surface area contributed by atoms with Gasteiger partial charge in [-0.15, -0.1) is 11.3 Å². The van der Waals surface area contributed by atoms with Crippen LogP contribution in [-0.4, -0.2) is 20.7 Å². The number of aromatic nitrogens is 2. The van der Waals surface area contributed by atoms with Crippen molar-refractivity contribution in [3.63, 3.8) is 0 Å². The van der Waals surface area contributed by atoms with Crippen molar-refractivity contribution in [1.29, 1.82) is 0 Å². The van der Waals surface area contributed by atoms with Gasteiger partial charge in [0, 0.05) is 23.2 Å². The molecule has 0 saturated carbocycles. The van der Waals surface area contributed by atoms with E-state index in [0.29, 0.717) is 13.0 Å². The molecule has 3 aromatic rings.